The van der Waals surface area contributed by atoms with Crippen molar-refractivity contribution in [3.8, 4) is 5.75 Å². The third kappa shape index (κ3) is 10.2. The van der Waals surface area contributed by atoms with Crippen molar-refractivity contribution in [2.45, 2.75) is 58.2 Å². The molecule has 10 heteroatoms. The van der Waals surface area contributed by atoms with Crippen molar-refractivity contribution in [2.75, 3.05) is 24.2 Å². The average molecular weight is 659 g/mol. The van der Waals surface area contributed by atoms with Gasteiger partial charge in [-0.05, 0) is 62.6 Å². The minimum atomic E-state index is -3.62. The Morgan fingerprint density at radius 1 is 0.952 bits per heavy atom. The lowest BCUT2D eigenvalue weighted by Gasteiger charge is -2.34. The van der Waals surface area contributed by atoms with E-state index in [4.69, 9.17) is 4.74 Å². The van der Waals surface area contributed by atoms with Gasteiger partial charge in [0.25, 0.3) is 0 Å². The van der Waals surface area contributed by atoms with E-state index in [-0.39, 0.29) is 37.7 Å². The van der Waals surface area contributed by atoms with Crippen molar-refractivity contribution in [1.29, 1.82) is 0 Å². The Morgan fingerprint density at radius 3 is 2.24 bits per heavy atom. The monoisotopic (exact) mass is 657 g/mol. The Bertz CT molecular complexity index is 1460. The molecule has 3 aromatic rings. The fraction of sp³-hybridized carbons (Fsp3) is 0.375. The van der Waals surface area contributed by atoms with E-state index in [1.54, 1.807) is 29.2 Å². The van der Waals surface area contributed by atoms with E-state index >= 15 is 0 Å². The first-order chi connectivity index (χ1) is 19.8. The summed E-state index contributed by atoms with van der Waals surface area (Å²) in [4.78, 5) is 29.3. The van der Waals surface area contributed by atoms with Crippen LogP contribution >= 0.6 is 15.9 Å². The van der Waals surface area contributed by atoms with Crippen molar-refractivity contribution >= 4 is 43.5 Å². The number of benzene rings is 3. The van der Waals surface area contributed by atoms with Crippen LogP contribution in [0.2, 0.25) is 0 Å². The van der Waals surface area contributed by atoms with Crippen molar-refractivity contribution in [3.63, 3.8) is 0 Å². The topological polar surface area (TPSA) is 96.0 Å². The van der Waals surface area contributed by atoms with Gasteiger partial charge < -0.3 is 15.0 Å². The molecule has 3 rings (SSSR count). The summed E-state index contributed by atoms with van der Waals surface area (Å²) in [5.41, 5.74) is 1.76. The van der Waals surface area contributed by atoms with Gasteiger partial charge in [0, 0.05) is 42.0 Å². The molecule has 0 aliphatic heterocycles. The second kappa shape index (κ2) is 14.7. The van der Waals surface area contributed by atoms with Crippen molar-refractivity contribution < 1.29 is 22.7 Å². The number of hydrogen-bond donors (Lipinski definition) is 1. The van der Waals surface area contributed by atoms with Crippen LogP contribution in [0.1, 0.15) is 44.7 Å². The lowest BCUT2D eigenvalue weighted by Crippen LogP contribution is -2.54. The molecule has 3 aromatic carbocycles. The molecule has 1 atom stereocenters. The zero-order valence-electron chi connectivity index (χ0n) is 24.8. The van der Waals surface area contributed by atoms with Crippen molar-refractivity contribution in [1.82, 2.24) is 10.2 Å². The SMILES string of the molecule is COc1cccc(N(CCCC(=O)N(Cc2cccc(Br)c2)C(Cc2ccccc2)C(=O)NC(C)(C)C)S(C)(=O)=O)c1. The van der Waals surface area contributed by atoms with Gasteiger partial charge in [-0.1, -0.05) is 64.5 Å². The van der Waals surface area contributed by atoms with Gasteiger partial charge >= 0.3 is 0 Å². The highest BCUT2D eigenvalue weighted by Crippen LogP contribution is 2.24. The number of amides is 2. The van der Waals surface area contributed by atoms with E-state index in [1.165, 1.54) is 11.4 Å². The molecule has 0 bridgehead atoms. The normalized spacial score (nSPS) is 12.3. The molecule has 0 aliphatic rings. The molecule has 0 fully saturated rings. The first-order valence-electron chi connectivity index (χ1n) is 13.8. The summed E-state index contributed by atoms with van der Waals surface area (Å²) in [7, 11) is -2.10. The smallest absolute Gasteiger partial charge is 0.243 e. The second-order valence-electron chi connectivity index (χ2n) is 11.2. The van der Waals surface area contributed by atoms with Crippen LogP contribution in [-0.2, 0) is 32.6 Å². The maximum absolute atomic E-state index is 13.9. The van der Waals surface area contributed by atoms with Crippen LogP contribution in [0.4, 0.5) is 5.69 Å². The molecule has 0 saturated carbocycles. The summed E-state index contributed by atoms with van der Waals surface area (Å²) in [5, 5.41) is 3.06. The number of sulfonamides is 1. The molecule has 0 aromatic heterocycles. The summed E-state index contributed by atoms with van der Waals surface area (Å²) in [6.45, 7) is 6.04. The predicted molar refractivity (Wildman–Crippen MR) is 171 cm³/mol. The first-order valence-corrected chi connectivity index (χ1v) is 16.4. The number of carbonyl (C=O) groups is 2. The molecular formula is C32H40BrN3O5S. The minimum absolute atomic E-state index is 0.0537. The third-order valence-corrected chi connectivity index (χ3v) is 8.19. The highest BCUT2D eigenvalue weighted by atomic mass is 79.9. The maximum Gasteiger partial charge on any atom is 0.243 e. The predicted octanol–water partition coefficient (Wildman–Crippen LogP) is 5.56. The number of rotatable bonds is 13. The van der Waals surface area contributed by atoms with Crippen LogP contribution < -0.4 is 14.4 Å². The lowest BCUT2D eigenvalue weighted by atomic mass is 10.00. The minimum Gasteiger partial charge on any atom is -0.497 e. The van der Waals surface area contributed by atoms with Crippen molar-refractivity contribution in [2.24, 2.45) is 0 Å². The van der Waals surface area contributed by atoms with Gasteiger partial charge in [0.15, 0.2) is 0 Å². The van der Waals surface area contributed by atoms with Gasteiger partial charge in [0.05, 0.1) is 19.1 Å². The number of nitrogens with one attached hydrogen (secondary N) is 1. The van der Waals surface area contributed by atoms with Gasteiger partial charge in [-0.15, -0.1) is 0 Å². The number of nitrogens with zero attached hydrogens (tertiary/aromatic N) is 2. The standard InChI is InChI=1S/C32H40BrN3O5S/c1-32(2,3)34-31(38)29(21-24-12-7-6-8-13-24)35(23-25-14-9-15-26(33)20-25)30(37)18-11-19-36(42(5,39)40)27-16-10-17-28(22-27)41-4/h6-10,12-17,20,22,29H,11,18-19,21,23H2,1-5H3,(H,34,38). The van der Waals surface area contributed by atoms with E-state index in [0.29, 0.717) is 17.9 Å². The van der Waals surface area contributed by atoms with Crippen LogP contribution in [0.15, 0.2) is 83.3 Å². The van der Waals surface area contributed by atoms with Gasteiger partial charge in [0.2, 0.25) is 21.8 Å². The molecule has 0 saturated heterocycles. The summed E-state index contributed by atoms with van der Waals surface area (Å²) < 4.78 is 32.8. The Labute approximate surface area is 258 Å². The molecular weight excluding hydrogens is 618 g/mol. The Morgan fingerprint density at radius 2 is 1.62 bits per heavy atom. The van der Waals surface area contributed by atoms with Crippen LogP contribution in [0.25, 0.3) is 0 Å². The highest BCUT2D eigenvalue weighted by molar-refractivity contribution is 9.10. The number of anilines is 1. The Hall–Kier alpha value is -3.37. The fourth-order valence-corrected chi connectivity index (χ4v) is 6.01. The summed E-state index contributed by atoms with van der Waals surface area (Å²) in [6, 6.07) is 23.3. The van der Waals surface area contributed by atoms with Gasteiger partial charge in [-0.2, -0.15) is 0 Å². The molecule has 1 unspecified atom stereocenters. The van der Waals surface area contributed by atoms with Crippen LogP contribution in [0.5, 0.6) is 5.75 Å². The molecule has 8 nitrogen and oxygen atoms in total. The number of halogens is 1. The van der Waals surface area contributed by atoms with Gasteiger partial charge in [0.1, 0.15) is 11.8 Å². The van der Waals surface area contributed by atoms with E-state index in [2.05, 4.69) is 21.2 Å². The fourth-order valence-electron chi connectivity index (χ4n) is 4.61. The first kappa shape index (κ1) is 33.1. The molecule has 2 amide bonds. The quantitative estimate of drug-likeness (QED) is 0.260. The largest absolute Gasteiger partial charge is 0.497 e. The van der Waals surface area contributed by atoms with E-state index in [1.807, 2.05) is 75.4 Å². The highest BCUT2D eigenvalue weighted by Gasteiger charge is 2.32. The number of ether oxygens (including phenoxy) is 1. The summed E-state index contributed by atoms with van der Waals surface area (Å²) >= 11 is 3.50. The molecule has 42 heavy (non-hydrogen) atoms. The zero-order valence-corrected chi connectivity index (χ0v) is 27.2. The third-order valence-electron chi connectivity index (χ3n) is 6.50. The van der Waals surface area contributed by atoms with E-state index < -0.39 is 21.6 Å². The van der Waals surface area contributed by atoms with Gasteiger partial charge in [-0.3, -0.25) is 13.9 Å². The average Bonchev–Trinajstić information content (AvgIpc) is 2.92. The lowest BCUT2D eigenvalue weighted by molar-refractivity contribution is -0.142. The molecule has 1 N–H and O–H groups in total. The van der Waals surface area contributed by atoms with Crippen LogP contribution in [-0.4, -0.2) is 56.6 Å². The van der Waals surface area contributed by atoms with Gasteiger partial charge in [-0.25, -0.2) is 8.42 Å². The molecule has 0 radical (unpaired) electrons. The number of hydrogen-bond acceptors (Lipinski definition) is 5. The molecule has 0 heterocycles. The molecule has 0 aliphatic carbocycles. The molecule has 0 spiro atoms. The van der Waals surface area contributed by atoms with Crippen molar-refractivity contribution in [3.05, 3.63) is 94.5 Å². The Kier molecular flexibility index (Phi) is 11.6. The van der Waals surface area contributed by atoms with E-state index in [9.17, 15) is 18.0 Å². The maximum atomic E-state index is 13.9. The second-order valence-corrected chi connectivity index (χ2v) is 14.1. The Balaban J connectivity index is 1.91. The molecule has 226 valence electrons. The number of methoxy groups -OCH3 is 1. The van der Waals surface area contributed by atoms with Crippen LogP contribution in [0.3, 0.4) is 0 Å². The van der Waals surface area contributed by atoms with E-state index in [0.717, 1.165) is 21.9 Å². The summed E-state index contributed by atoms with van der Waals surface area (Å²) in [6.07, 6.45) is 1.79. The number of carbonyl (C=O) groups excluding carboxylic acids is 2. The van der Waals surface area contributed by atoms with Crippen LogP contribution in [0, 0.1) is 0 Å². The summed E-state index contributed by atoms with van der Waals surface area (Å²) in [5.74, 6) is 0.0499. The zero-order chi connectivity index (χ0) is 30.9.